The molecule has 1 heterocycles. The van der Waals surface area contributed by atoms with Gasteiger partial charge in [0.05, 0.1) is 17.4 Å². The van der Waals surface area contributed by atoms with Crippen molar-refractivity contribution in [1.29, 1.82) is 0 Å². The minimum atomic E-state index is -0.362. The SMILES string of the molecule is Cc1cc(NC(=O)c2cc(I)ccc2O)cnc1Br. The lowest BCUT2D eigenvalue weighted by atomic mass is 10.2. The summed E-state index contributed by atoms with van der Waals surface area (Å²) >= 11 is 5.38. The van der Waals surface area contributed by atoms with Crippen LogP contribution in [0.1, 0.15) is 15.9 Å². The molecular weight excluding hydrogens is 423 g/mol. The van der Waals surface area contributed by atoms with Gasteiger partial charge in [0.1, 0.15) is 10.4 Å². The number of benzene rings is 1. The fraction of sp³-hybridized carbons (Fsp3) is 0.0769. The van der Waals surface area contributed by atoms with Gasteiger partial charge in [0.25, 0.3) is 5.91 Å². The predicted octanol–water partition coefficient (Wildman–Crippen LogP) is 3.72. The summed E-state index contributed by atoms with van der Waals surface area (Å²) in [6.07, 6.45) is 1.56. The van der Waals surface area contributed by atoms with E-state index in [0.29, 0.717) is 5.69 Å². The van der Waals surface area contributed by atoms with E-state index in [1.807, 2.05) is 6.92 Å². The quantitative estimate of drug-likeness (QED) is 0.561. The number of halogens is 2. The molecule has 98 valence electrons. The van der Waals surface area contributed by atoms with Crippen molar-refractivity contribution in [2.75, 3.05) is 5.32 Å². The zero-order valence-electron chi connectivity index (χ0n) is 9.95. The molecule has 0 bridgehead atoms. The average Bonchev–Trinajstić information content (AvgIpc) is 2.36. The number of anilines is 1. The molecule has 0 radical (unpaired) electrons. The Hall–Kier alpha value is -1.15. The van der Waals surface area contributed by atoms with Crippen molar-refractivity contribution in [1.82, 2.24) is 4.98 Å². The molecule has 19 heavy (non-hydrogen) atoms. The first kappa shape index (κ1) is 14.3. The molecule has 0 aliphatic rings. The number of amides is 1. The summed E-state index contributed by atoms with van der Waals surface area (Å²) in [4.78, 5) is 16.2. The number of carbonyl (C=O) groups excluding carboxylic acids is 1. The third-order valence-corrected chi connectivity index (χ3v) is 3.98. The largest absolute Gasteiger partial charge is 0.507 e. The third kappa shape index (κ3) is 3.44. The van der Waals surface area contributed by atoms with E-state index in [0.717, 1.165) is 13.7 Å². The smallest absolute Gasteiger partial charge is 0.259 e. The van der Waals surface area contributed by atoms with Gasteiger partial charge in [-0.15, -0.1) is 0 Å². The van der Waals surface area contributed by atoms with E-state index in [4.69, 9.17) is 0 Å². The molecule has 2 aromatic rings. The van der Waals surface area contributed by atoms with E-state index < -0.39 is 0 Å². The molecule has 6 heteroatoms. The molecule has 0 atom stereocenters. The van der Waals surface area contributed by atoms with Gasteiger partial charge >= 0.3 is 0 Å². The average molecular weight is 433 g/mol. The topological polar surface area (TPSA) is 62.2 Å². The van der Waals surface area contributed by atoms with Gasteiger partial charge in [-0.2, -0.15) is 0 Å². The highest BCUT2D eigenvalue weighted by molar-refractivity contribution is 14.1. The number of rotatable bonds is 2. The summed E-state index contributed by atoms with van der Waals surface area (Å²) in [6.45, 7) is 1.88. The van der Waals surface area contributed by atoms with Gasteiger partial charge in [-0.3, -0.25) is 4.79 Å². The molecule has 0 unspecified atom stereocenters. The molecule has 1 amide bonds. The molecule has 0 fully saturated rings. The molecular formula is C13H10BrIN2O2. The fourth-order valence-corrected chi connectivity index (χ4v) is 2.22. The van der Waals surface area contributed by atoms with Crippen molar-refractivity contribution in [3.05, 3.63) is 49.8 Å². The Balaban J connectivity index is 2.25. The van der Waals surface area contributed by atoms with Crippen molar-refractivity contribution < 1.29 is 9.90 Å². The van der Waals surface area contributed by atoms with Crippen molar-refractivity contribution in [2.45, 2.75) is 6.92 Å². The maximum absolute atomic E-state index is 12.1. The molecule has 1 aromatic heterocycles. The number of nitrogens with zero attached hydrogens (tertiary/aromatic N) is 1. The van der Waals surface area contributed by atoms with Crippen LogP contribution in [0.2, 0.25) is 0 Å². The first-order valence-corrected chi connectivity index (χ1v) is 7.26. The van der Waals surface area contributed by atoms with Crippen LogP contribution in [0.25, 0.3) is 0 Å². The summed E-state index contributed by atoms with van der Waals surface area (Å²) in [5, 5.41) is 12.4. The summed E-state index contributed by atoms with van der Waals surface area (Å²) in [7, 11) is 0. The molecule has 0 saturated heterocycles. The van der Waals surface area contributed by atoms with Gasteiger partial charge < -0.3 is 10.4 Å². The Labute approximate surface area is 132 Å². The van der Waals surface area contributed by atoms with E-state index >= 15 is 0 Å². The van der Waals surface area contributed by atoms with Gasteiger partial charge in [-0.1, -0.05) is 0 Å². The van der Waals surface area contributed by atoms with Crippen LogP contribution in [0.4, 0.5) is 5.69 Å². The van der Waals surface area contributed by atoms with Gasteiger partial charge in [0.15, 0.2) is 0 Å². The Morgan fingerprint density at radius 1 is 1.42 bits per heavy atom. The number of hydrogen-bond donors (Lipinski definition) is 2. The standard InChI is InChI=1S/C13H10BrIN2O2/c1-7-4-9(6-16-12(7)14)17-13(19)10-5-8(15)2-3-11(10)18/h2-6,18H,1H3,(H,17,19). The Bertz CT molecular complexity index is 647. The van der Waals surface area contributed by atoms with E-state index in [2.05, 4.69) is 48.8 Å². The molecule has 2 N–H and O–H groups in total. The van der Waals surface area contributed by atoms with E-state index in [1.165, 1.54) is 6.07 Å². The Morgan fingerprint density at radius 2 is 2.16 bits per heavy atom. The van der Waals surface area contributed by atoms with Crippen molar-refractivity contribution in [3.63, 3.8) is 0 Å². The number of phenolic OH excluding ortho intramolecular Hbond substituents is 1. The second-order valence-corrected chi connectivity index (χ2v) is 5.94. The Kier molecular flexibility index (Phi) is 4.41. The van der Waals surface area contributed by atoms with Crippen LogP contribution in [0.3, 0.4) is 0 Å². The highest BCUT2D eigenvalue weighted by Gasteiger charge is 2.12. The third-order valence-electron chi connectivity index (χ3n) is 2.48. The number of aromatic nitrogens is 1. The summed E-state index contributed by atoms with van der Waals surface area (Å²) in [5.74, 6) is -0.403. The van der Waals surface area contributed by atoms with Gasteiger partial charge in [0, 0.05) is 3.57 Å². The molecule has 0 spiro atoms. The lowest BCUT2D eigenvalue weighted by Crippen LogP contribution is -2.12. The molecule has 2 rings (SSSR count). The molecule has 0 aliphatic heterocycles. The number of nitrogens with one attached hydrogen (secondary N) is 1. The molecule has 1 aromatic carbocycles. The van der Waals surface area contributed by atoms with E-state index in [-0.39, 0.29) is 17.2 Å². The molecule has 4 nitrogen and oxygen atoms in total. The number of phenols is 1. The predicted molar refractivity (Wildman–Crippen MR) is 85.5 cm³/mol. The minimum absolute atomic E-state index is 0.0419. The van der Waals surface area contributed by atoms with Crippen LogP contribution in [-0.4, -0.2) is 16.0 Å². The van der Waals surface area contributed by atoms with Crippen LogP contribution in [0, 0.1) is 10.5 Å². The van der Waals surface area contributed by atoms with E-state index in [9.17, 15) is 9.90 Å². The maximum atomic E-state index is 12.1. The lowest BCUT2D eigenvalue weighted by Gasteiger charge is -2.08. The minimum Gasteiger partial charge on any atom is -0.507 e. The highest BCUT2D eigenvalue weighted by Crippen LogP contribution is 2.22. The zero-order chi connectivity index (χ0) is 14.0. The number of carbonyl (C=O) groups is 1. The van der Waals surface area contributed by atoms with Crippen LogP contribution in [0.5, 0.6) is 5.75 Å². The molecule has 0 saturated carbocycles. The van der Waals surface area contributed by atoms with Crippen LogP contribution < -0.4 is 5.32 Å². The van der Waals surface area contributed by atoms with E-state index in [1.54, 1.807) is 24.4 Å². The second-order valence-electron chi connectivity index (χ2n) is 3.95. The van der Waals surface area contributed by atoms with Gasteiger partial charge in [-0.05, 0) is 75.3 Å². The van der Waals surface area contributed by atoms with Gasteiger partial charge in [-0.25, -0.2) is 4.98 Å². The number of aromatic hydroxyl groups is 1. The Morgan fingerprint density at radius 3 is 2.84 bits per heavy atom. The van der Waals surface area contributed by atoms with Crippen molar-refractivity contribution in [3.8, 4) is 5.75 Å². The number of hydrogen-bond acceptors (Lipinski definition) is 3. The normalized spacial score (nSPS) is 10.3. The second kappa shape index (κ2) is 5.87. The summed E-state index contributed by atoms with van der Waals surface area (Å²) < 4.78 is 1.62. The number of pyridine rings is 1. The molecule has 0 aliphatic carbocycles. The zero-order valence-corrected chi connectivity index (χ0v) is 13.7. The fourth-order valence-electron chi connectivity index (χ4n) is 1.52. The van der Waals surface area contributed by atoms with Crippen LogP contribution in [-0.2, 0) is 0 Å². The highest BCUT2D eigenvalue weighted by atomic mass is 127. The van der Waals surface area contributed by atoms with Crippen LogP contribution >= 0.6 is 38.5 Å². The monoisotopic (exact) mass is 432 g/mol. The van der Waals surface area contributed by atoms with Gasteiger partial charge in [0.2, 0.25) is 0 Å². The first-order chi connectivity index (χ1) is 8.97. The lowest BCUT2D eigenvalue weighted by molar-refractivity contribution is 0.102. The summed E-state index contributed by atoms with van der Waals surface area (Å²) in [5.41, 5.74) is 1.75. The van der Waals surface area contributed by atoms with Crippen molar-refractivity contribution in [2.24, 2.45) is 0 Å². The maximum Gasteiger partial charge on any atom is 0.259 e. The number of aryl methyl sites for hydroxylation is 1. The van der Waals surface area contributed by atoms with Crippen molar-refractivity contribution >= 4 is 50.1 Å². The first-order valence-electron chi connectivity index (χ1n) is 5.39. The summed E-state index contributed by atoms with van der Waals surface area (Å²) in [6, 6.07) is 6.67. The van der Waals surface area contributed by atoms with Crippen LogP contribution in [0.15, 0.2) is 35.1 Å².